The Balaban J connectivity index is 1.89. The number of hydrogen-bond donors (Lipinski definition) is 1. The average Bonchev–Trinajstić information content (AvgIpc) is 2.48. The molecule has 0 radical (unpaired) electrons. The molecule has 2 aromatic rings. The summed E-state index contributed by atoms with van der Waals surface area (Å²) in [4.78, 5) is 24.9. The van der Waals surface area contributed by atoms with Gasteiger partial charge in [0.15, 0.2) is 5.60 Å². The zero-order valence-corrected chi connectivity index (χ0v) is 16.0. The van der Waals surface area contributed by atoms with E-state index in [0.29, 0.717) is 17.7 Å². The molecule has 0 saturated carbocycles. The summed E-state index contributed by atoms with van der Waals surface area (Å²) in [6.07, 6.45) is 0.336. The van der Waals surface area contributed by atoms with E-state index in [1.807, 2.05) is 30.3 Å². The number of ether oxygens (including phenoxy) is 1. The van der Waals surface area contributed by atoms with Crippen molar-refractivity contribution in [3.63, 3.8) is 0 Å². The van der Waals surface area contributed by atoms with Crippen LogP contribution in [0.5, 0.6) is 0 Å². The third kappa shape index (κ3) is 3.28. The van der Waals surface area contributed by atoms with E-state index >= 15 is 0 Å². The Hall–Kier alpha value is -1.41. The van der Waals surface area contributed by atoms with Crippen LogP contribution in [0.3, 0.4) is 0 Å². The van der Waals surface area contributed by atoms with Gasteiger partial charge >= 0.3 is 5.97 Å². The Kier molecular flexibility index (Phi) is 4.46. The van der Waals surface area contributed by atoms with Gasteiger partial charge in [0, 0.05) is 14.5 Å². The molecule has 0 saturated heterocycles. The highest BCUT2D eigenvalue weighted by Gasteiger charge is 2.42. The number of rotatable bonds is 2. The molecule has 1 aliphatic heterocycles. The van der Waals surface area contributed by atoms with Crippen molar-refractivity contribution in [3.05, 3.63) is 61.6 Å². The average molecular weight is 486 g/mol. The molecule has 0 fully saturated rings. The number of carbonyl (C=O) groups excluding carboxylic acids is 2. The molecular formula is C17H13BrINO3. The Morgan fingerprint density at radius 3 is 2.78 bits per heavy atom. The van der Waals surface area contributed by atoms with Crippen LogP contribution in [-0.4, -0.2) is 17.5 Å². The molecule has 1 unspecified atom stereocenters. The molecule has 3 rings (SSSR count). The van der Waals surface area contributed by atoms with Crippen LogP contribution in [0.25, 0.3) is 0 Å². The quantitative estimate of drug-likeness (QED) is 0.513. The second-order valence-electron chi connectivity index (χ2n) is 5.53. The molecular weight excluding hydrogens is 473 g/mol. The lowest BCUT2D eigenvalue weighted by molar-refractivity contribution is -0.134. The summed E-state index contributed by atoms with van der Waals surface area (Å²) < 4.78 is 7.24. The fraction of sp³-hybridized carbons (Fsp3) is 0.176. The fourth-order valence-electron chi connectivity index (χ4n) is 2.51. The molecule has 4 nitrogen and oxygen atoms in total. The first-order chi connectivity index (χ1) is 10.9. The number of carbonyl (C=O) groups is 2. The minimum atomic E-state index is -1.23. The molecule has 23 heavy (non-hydrogen) atoms. The maximum absolute atomic E-state index is 12.7. The standard InChI is InChI=1S/C17H13BrINO3/c1-17(16(22)20-14-5-3-2-4-13(14)19)9-10-8-11(18)6-7-12(10)15(21)23-17/h2-8H,9H2,1H3,(H,20,22). The third-order valence-electron chi connectivity index (χ3n) is 3.74. The molecule has 0 aromatic heterocycles. The molecule has 0 spiro atoms. The minimum absolute atomic E-state index is 0.333. The Labute approximate surface area is 155 Å². The number of cyclic esters (lactones) is 1. The molecule has 6 heteroatoms. The summed E-state index contributed by atoms with van der Waals surface area (Å²) in [5, 5.41) is 2.85. The van der Waals surface area contributed by atoms with E-state index in [9.17, 15) is 9.59 Å². The maximum Gasteiger partial charge on any atom is 0.339 e. The number of benzene rings is 2. The fourth-order valence-corrected chi connectivity index (χ4v) is 3.44. The SMILES string of the molecule is CC1(C(=O)Nc2ccccc2I)Cc2cc(Br)ccc2C(=O)O1. The lowest BCUT2D eigenvalue weighted by Gasteiger charge is -2.33. The third-order valence-corrected chi connectivity index (χ3v) is 5.17. The highest BCUT2D eigenvalue weighted by Crippen LogP contribution is 2.31. The van der Waals surface area contributed by atoms with Crippen LogP contribution in [0.4, 0.5) is 5.69 Å². The molecule has 1 amide bonds. The summed E-state index contributed by atoms with van der Waals surface area (Å²) in [7, 11) is 0. The van der Waals surface area contributed by atoms with E-state index in [0.717, 1.165) is 13.6 Å². The van der Waals surface area contributed by atoms with E-state index < -0.39 is 11.6 Å². The molecule has 1 heterocycles. The van der Waals surface area contributed by atoms with E-state index in [1.54, 1.807) is 19.1 Å². The largest absolute Gasteiger partial charge is 0.445 e. The van der Waals surface area contributed by atoms with Crippen LogP contribution < -0.4 is 5.32 Å². The number of halogens is 2. The smallest absolute Gasteiger partial charge is 0.339 e. The number of nitrogens with one attached hydrogen (secondary N) is 1. The minimum Gasteiger partial charge on any atom is -0.445 e. The van der Waals surface area contributed by atoms with Gasteiger partial charge in [0.05, 0.1) is 11.3 Å². The Morgan fingerprint density at radius 1 is 1.30 bits per heavy atom. The molecule has 1 N–H and O–H groups in total. The molecule has 2 aromatic carbocycles. The van der Waals surface area contributed by atoms with Crippen molar-refractivity contribution in [2.75, 3.05) is 5.32 Å². The van der Waals surface area contributed by atoms with Gasteiger partial charge in [0.25, 0.3) is 5.91 Å². The zero-order chi connectivity index (χ0) is 16.6. The number of para-hydroxylation sites is 1. The first kappa shape index (κ1) is 16.4. The molecule has 0 bridgehead atoms. The van der Waals surface area contributed by atoms with Crippen LogP contribution in [-0.2, 0) is 16.0 Å². The van der Waals surface area contributed by atoms with Crippen molar-refractivity contribution in [1.29, 1.82) is 0 Å². The first-order valence-electron chi connectivity index (χ1n) is 6.97. The van der Waals surface area contributed by atoms with Gasteiger partial charge in [0.1, 0.15) is 0 Å². The zero-order valence-electron chi connectivity index (χ0n) is 12.2. The van der Waals surface area contributed by atoms with Gasteiger partial charge in [-0.25, -0.2) is 4.79 Å². The van der Waals surface area contributed by atoms with Gasteiger partial charge in [-0.2, -0.15) is 0 Å². The van der Waals surface area contributed by atoms with E-state index in [1.165, 1.54) is 0 Å². The second kappa shape index (κ2) is 6.24. The van der Waals surface area contributed by atoms with Crippen molar-refractivity contribution < 1.29 is 14.3 Å². The molecule has 0 aliphatic carbocycles. The highest BCUT2D eigenvalue weighted by molar-refractivity contribution is 14.1. The van der Waals surface area contributed by atoms with Crippen molar-refractivity contribution in [2.45, 2.75) is 18.9 Å². The van der Waals surface area contributed by atoms with Gasteiger partial charge in [-0.1, -0.05) is 28.1 Å². The molecule has 118 valence electrons. The summed E-state index contributed by atoms with van der Waals surface area (Å²) in [5.74, 6) is -0.806. The van der Waals surface area contributed by atoms with Gasteiger partial charge < -0.3 is 10.1 Å². The number of hydrogen-bond acceptors (Lipinski definition) is 3. The van der Waals surface area contributed by atoms with Gasteiger partial charge in [-0.3, -0.25) is 4.79 Å². The summed E-state index contributed by atoms with van der Waals surface area (Å²) in [6.45, 7) is 1.64. The summed E-state index contributed by atoms with van der Waals surface area (Å²) in [6, 6.07) is 12.8. The highest BCUT2D eigenvalue weighted by atomic mass is 127. The van der Waals surface area contributed by atoms with E-state index in [4.69, 9.17) is 4.74 Å². The molecule has 1 aliphatic rings. The Bertz CT molecular complexity index is 808. The molecule has 1 atom stereocenters. The van der Waals surface area contributed by atoms with Crippen LogP contribution in [0.15, 0.2) is 46.9 Å². The number of fused-ring (bicyclic) bond motifs is 1. The van der Waals surface area contributed by atoms with Crippen molar-refractivity contribution >= 4 is 56.1 Å². The van der Waals surface area contributed by atoms with Crippen molar-refractivity contribution in [1.82, 2.24) is 0 Å². The van der Waals surface area contributed by atoms with Crippen LogP contribution in [0, 0.1) is 3.57 Å². The van der Waals surface area contributed by atoms with Crippen molar-refractivity contribution in [2.24, 2.45) is 0 Å². The second-order valence-corrected chi connectivity index (χ2v) is 7.61. The maximum atomic E-state index is 12.7. The van der Waals surface area contributed by atoms with Crippen LogP contribution in [0.1, 0.15) is 22.8 Å². The van der Waals surface area contributed by atoms with Crippen molar-refractivity contribution in [3.8, 4) is 0 Å². The van der Waals surface area contributed by atoms with Gasteiger partial charge in [-0.15, -0.1) is 0 Å². The predicted molar refractivity (Wildman–Crippen MR) is 99.5 cm³/mol. The normalized spacial score (nSPS) is 19.7. The van der Waals surface area contributed by atoms with E-state index in [-0.39, 0.29) is 5.91 Å². The van der Waals surface area contributed by atoms with E-state index in [2.05, 4.69) is 43.8 Å². The van der Waals surface area contributed by atoms with Gasteiger partial charge in [0.2, 0.25) is 0 Å². The predicted octanol–water partition coefficient (Wildman–Crippen LogP) is 4.16. The first-order valence-corrected chi connectivity index (χ1v) is 8.84. The monoisotopic (exact) mass is 485 g/mol. The lowest BCUT2D eigenvalue weighted by atomic mass is 9.89. The topological polar surface area (TPSA) is 55.4 Å². The summed E-state index contributed by atoms with van der Waals surface area (Å²) in [5.41, 5.74) is 0.781. The van der Waals surface area contributed by atoms with Gasteiger partial charge in [-0.05, 0) is 65.4 Å². The number of amides is 1. The summed E-state index contributed by atoms with van der Waals surface area (Å²) >= 11 is 5.54. The lowest BCUT2D eigenvalue weighted by Crippen LogP contribution is -2.49. The number of esters is 1. The van der Waals surface area contributed by atoms with Crippen LogP contribution in [0.2, 0.25) is 0 Å². The Morgan fingerprint density at radius 2 is 2.04 bits per heavy atom. The number of anilines is 1. The van der Waals surface area contributed by atoms with Crippen LogP contribution >= 0.6 is 38.5 Å².